The van der Waals surface area contributed by atoms with Crippen molar-refractivity contribution in [2.75, 3.05) is 7.11 Å². The fourth-order valence-electron chi connectivity index (χ4n) is 5.09. The van der Waals surface area contributed by atoms with Crippen LogP contribution in [0, 0.1) is 17.6 Å². The third-order valence-electron chi connectivity index (χ3n) is 6.98. The smallest absolute Gasteiger partial charge is 0.165 e. The van der Waals surface area contributed by atoms with Gasteiger partial charge in [0.1, 0.15) is 5.82 Å². The summed E-state index contributed by atoms with van der Waals surface area (Å²) in [6.07, 6.45) is 10.5. The van der Waals surface area contributed by atoms with Crippen molar-refractivity contribution in [3.8, 4) is 16.9 Å². The summed E-state index contributed by atoms with van der Waals surface area (Å²) in [5.41, 5.74) is 2.25. The van der Waals surface area contributed by atoms with E-state index in [0.717, 1.165) is 11.3 Å². The normalized spacial score (nSPS) is 19.0. The molecule has 0 bridgehead atoms. The minimum Gasteiger partial charge on any atom is -0.494 e. The fraction of sp³-hybridized carbons (Fsp3) is 0.429. The van der Waals surface area contributed by atoms with Gasteiger partial charge in [0.25, 0.3) is 0 Å². The van der Waals surface area contributed by atoms with Crippen molar-refractivity contribution in [3.63, 3.8) is 0 Å². The zero-order chi connectivity index (χ0) is 21.8. The van der Waals surface area contributed by atoms with Crippen LogP contribution >= 0.6 is 0 Å². The van der Waals surface area contributed by atoms with Crippen molar-refractivity contribution < 1.29 is 13.5 Å². The molecule has 0 heterocycles. The molecule has 3 aromatic rings. The van der Waals surface area contributed by atoms with Crippen molar-refractivity contribution in [2.45, 2.75) is 64.2 Å². The highest BCUT2D eigenvalue weighted by atomic mass is 19.1. The molecule has 1 nitrogen and oxygen atoms in total. The van der Waals surface area contributed by atoms with E-state index in [0.29, 0.717) is 22.4 Å². The quantitative estimate of drug-likeness (QED) is 0.346. The zero-order valence-electron chi connectivity index (χ0n) is 18.6. The van der Waals surface area contributed by atoms with Crippen LogP contribution in [0.5, 0.6) is 5.75 Å². The molecule has 0 N–H and O–H groups in total. The van der Waals surface area contributed by atoms with Gasteiger partial charge in [-0.2, -0.15) is 0 Å². The Labute approximate surface area is 184 Å². The molecule has 1 saturated carbocycles. The molecule has 1 aliphatic rings. The first-order valence-corrected chi connectivity index (χ1v) is 11.7. The van der Waals surface area contributed by atoms with Crippen LogP contribution in [0.3, 0.4) is 0 Å². The van der Waals surface area contributed by atoms with Crippen LogP contribution in [0.1, 0.15) is 69.8 Å². The summed E-state index contributed by atoms with van der Waals surface area (Å²) in [6, 6.07) is 14.4. The van der Waals surface area contributed by atoms with Gasteiger partial charge in [-0.25, -0.2) is 8.78 Å². The second kappa shape index (κ2) is 9.80. The third kappa shape index (κ3) is 4.76. The molecule has 4 rings (SSSR count). The van der Waals surface area contributed by atoms with Crippen LogP contribution in [-0.4, -0.2) is 7.11 Å². The SMILES string of the molecule is CCCCC[C@H]1CC[C@H](c2ccc3c(F)c(-c4ccc(OC)c(F)c4)ccc3c2)CC1. The maximum atomic E-state index is 15.3. The zero-order valence-corrected chi connectivity index (χ0v) is 18.6. The molecular weight excluding hydrogens is 390 g/mol. The second-order valence-corrected chi connectivity index (χ2v) is 8.97. The number of unbranched alkanes of at least 4 members (excludes halogenated alkanes) is 2. The maximum absolute atomic E-state index is 15.3. The first-order valence-electron chi connectivity index (χ1n) is 11.7. The predicted octanol–water partition coefficient (Wildman–Crippen LogP) is 8.65. The largest absolute Gasteiger partial charge is 0.494 e. The molecule has 0 atom stereocenters. The molecule has 1 fully saturated rings. The van der Waals surface area contributed by atoms with E-state index < -0.39 is 5.82 Å². The van der Waals surface area contributed by atoms with Gasteiger partial charge in [0.15, 0.2) is 11.6 Å². The number of hydrogen-bond donors (Lipinski definition) is 0. The highest BCUT2D eigenvalue weighted by Crippen LogP contribution is 2.39. The highest BCUT2D eigenvalue weighted by molar-refractivity contribution is 5.89. The molecule has 0 saturated heterocycles. The van der Waals surface area contributed by atoms with E-state index in [4.69, 9.17) is 4.74 Å². The van der Waals surface area contributed by atoms with Crippen molar-refractivity contribution in [1.29, 1.82) is 0 Å². The van der Waals surface area contributed by atoms with Crippen molar-refractivity contribution in [3.05, 3.63) is 65.7 Å². The number of hydrogen-bond acceptors (Lipinski definition) is 1. The van der Waals surface area contributed by atoms with Crippen LogP contribution in [0.4, 0.5) is 8.78 Å². The van der Waals surface area contributed by atoms with Gasteiger partial charge in [0.05, 0.1) is 7.11 Å². The van der Waals surface area contributed by atoms with Crippen molar-refractivity contribution in [1.82, 2.24) is 0 Å². The van der Waals surface area contributed by atoms with Crippen LogP contribution in [0.2, 0.25) is 0 Å². The molecule has 164 valence electrons. The average Bonchev–Trinajstić information content (AvgIpc) is 2.80. The molecule has 0 amide bonds. The molecule has 0 radical (unpaired) electrons. The molecule has 0 unspecified atom stereocenters. The van der Waals surface area contributed by atoms with Crippen LogP contribution < -0.4 is 4.74 Å². The fourth-order valence-corrected chi connectivity index (χ4v) is 5.09. The van der Waals surface area contributed by atoms with Gasteiger partial charge in [-0.15, -0.1) is 0 Å². The Bertz CT molecular complexity index is 1030. The van der Waals surface area contributed by atoms with E-state index in [1.165, 1.54) is 76.2 Å². The van der Waals surface area contributed by atoms with Crippen molar-refractivity contribution >= 4 is 10.8 Å². The molecule has 0 spiro atoms. The Morgan fingerprint density at radius 3 is 2.42 bits per heavy atom. The monoisotopic (exact) mass is 422 g/mol. The van der Waals surface area contributed by atoms with E-state index in [1.54, 1.807) is 12.1 Å². The van der Waals surface area contributed by atoms with Crippen LogP contribution in [0.25, 0.3) is 21.9 Å². The lowest BCUT2D eigenvalue weighted by Crippen LogP contribution is -2.13. The topological polar surface area (TPSA) is 9.23 Å². The number of methoxy groups -OCH3 is 1. The maximum Gasteiger partial charge on any atom is 0.165 e. The Balaban J connectivity index is 1.52. The van der Waals surface area contributed by atoms with Gasteiger partial charge < -0.3 is 4.74 Å². The summed E-state index contributed by atoms with van der Waals surface area (Å²) in [5, 5.41) is 1.50. The van der Waals surface area contributed by atoms with E-state index in [1.807, 2.05) is 12.1 Å². The molecule has 31 heavy (non-hydrogen) atoms. The van der Waals surface area contributed by atoms with E-state index in [2.05, 4.69) is 19.1 Å². The molecule has 1 aliphatic carbocycles. The lowest BCUT2D eigenvalue weighted by atomic mass is 9.76. The third-order valence-corrected chi connectivity index (χ3v) is 6.98. The van der Waals surface area contributed by atoms with E-state index >= 15 is 4.39 Å². The summed E-state index contributed by atoms with van der Waals surface area (Å²) in [6.45, 7) is 2.26. The number of halogens is 2. The van der Waals surface area contributed by atoms with E-state index in [9.17, 15) is 4.39 Å². The van der Waals surface area contributed by atoms with Gasteiger partial charge in [-0.3, -0.25) is 0 Å². The molecule has 3 heteroatoms. The summed E-state index contributed by atoms with van der Waals surface area (Å²) in [4.78, 5) is 0. The lowest BCUT2D eigenvalue weighted by molar-refractivity contribution is 0.303. The summed E-state index contributed by atoms with van der Waals surface area (Å²) in [5.74, 6) is 0.835. The van der Waals surface area contributed by atoms with Gasteiger partial charge in [-0.1, -0.05) is 69.0 Å². The number of ether oxygens (including phenoxy) is 1. The summed E-state index contributed by atoms with van der Waals surface area (Å²) in [7, 11) is 1.42. The Kier molecular flexibility index (Phi) is 6.89. The number of fused-ring (bicyclic) bond motifs is 1. The van der Waals surface area contributed by atoms with Gasteiger partial charge >= 0.3 is 0 Å². The molecule has 3 aromatic carbocycles. The minimum atomic E-state index is -0.486. The number of benzene rings is 3. The van der Waals surface area contributed by atoms with Crippen molar-refractivity contribution in [2.24, 2.45) is 5.92 Å². The Morgan fingerprint density at radius 1 is 0.903 bits per heavy atom. The molecule has 0 aromatic heterocycles. The van der Waals surface area contributed by atoms with Crippen LogP contribution in [-0.2, 0) is 0 Å². The standard InChI is InChI=1S/C28H32F2O/c1-3-4-5-6-19-7-9-20(10-8-19)21-11-14-24-22(17-21)12-15-25(28(24)30)23-13-16-27(31-2)26(29)18-23/h11-20H,3-10H2,1-2H3/t19-,20-. The second-order valence-electron chi connectivity index (χ2n) is 8.97. The minimum absolute atomic E-state index is 0.162. The first-order chi connectivity index (χ1) is 15.1. The summed E-state index contributed by atoms with van der Waals surface area (Å²) >= 11 is 0. The number of rotatable bonds is 7. The highest BCUT2D eigenvalue weighted by Gasteiger charge is 2.22. The van der Waals surface area contributed by atoms with Gasteiger partial charge in [0, 0.05) is 10.9 Å². The first kappa shape index (κ1) is 21.8. The van der Waals surface area contributed by atoms with Gasteiger partial charge in [-0.05, 0) is 66.2 Å². The Hall–Kier alpha value is -2.42. The Morgan fingerprint density at radius 2 is 1.71 bits per heavy atom. The molecular formula is C28H32F2O. The average molecular weight is 423 g/mol. The predicted molar refractivity (Wildman–Crippen MR) is 125 cm³/mol. The van der Waals surface area contributed by atoms with Crippen LogP contribution in [0.15, 0.2) is 48.5 Å². The van der Waals surface area contributed by atoms with Gasteiger partial charge in [0.2, 0.25) is 0 Å². The van der Waals surface area contributed by atoms with E-state index in [-0.39, 0.29) is 11.6 Å². The summed E-state index contributed by atoms with van der Waals surface area (Å²) < 4.78 is 34.4. The molecule has 0 aliphatic heterocycles. The lowest BCUT2D eigenvalue weighted by Gasteiger charge is -2.29.